The van der Waals surface area contributed by atoms with Crippen LogP contribution >= 0.6 is 31.9 Å². The molecular weight excluding hydrogens is 624 g/mol. The van der Waals surface area contributed by atoms with E-state index in [1.165, 1.54) is 11.1 Å². The first-order chi connectivity index (χ1) is 19.3. The van der Waals surface area contributed by atoms with Gasteiger partial charge in [-0.3, -0.25) is 0 Å². The van der Waals surface area contributed by atoms with Gasteiger partial charge in [-0.1, -0.05) is 124 Å². The van der Waals surface area contributed by atoms with Crippen LogP contribution in [0, 0.1) is 5.41 Å². The molecule has 2 aliphatic carbocycles. The van der Waals surface area contributed by atoms with Crippen molar-refractivity contribution in [3.8, 4) is 0 Å². The lowest BCUT2D eigenvalue weighted by Crippen LogP contribution is -2.32. The number of allylic oxidation sites excluding steroid dienone is 8. The van der Waals surface area contributed by atoms with Gasteiger partial charge in [-0.2, -0.15) is 0 Å². The zero-order valence-corrected chi connectivity index (χ0v) is 25.4. The maximum absolute atomic E-state index is 13.0. The number of rotatable bonds is 6. The van der Waals surface area contributed by atoms with Crippen LogP contribution in [0.5, 0.6) is 0 Å². The first-order valence-corrected chi connectivity index (χ1v) is 15.1. The van der Waals surface area contributed by atoms with E-state index < -0.39 is 5.60 Å². The van der Waals surface area contributed by atoms with Crippen molar-refractivity contribution in [1.82, 2.24) is 0 Å². The highest BCUT2D eigenvalue weighted by atomic mass is 79.9. The van der Waals surface area contributed by atoms with Crippen LogP contribution in [0.25, 0.3) is 10.8 Å². The molecule has 0 fully saturated rings. The van der Waals surface area contributed by atoms with E-state index in [9.17, 15) is 10.2 Å². The Labute approximate surface area is 252 Å². The van der Waals surface area contributed by atoms with E-state index >= 15 is 0 Å². The lowest BCUT2D eigenvalue weighted by Gasteiger charge is -2.35. The van der Waals surface area contributed by atoms with Crippen LogP contribution in [0.15, 0.2) is 135 Å². The number of fused-ring (bicyclic) bond motifs is 2. The van der Waals surface area contributed by atoms with Gasteiger partial charge in [0, 0.05) is 14.4 Å². The van der Waals surface area contributed by atoms with E-state index in [1.807, 2.05) is 48.5 Å². The van der Waals surface area contributed by atoms with Gasteiger partial charge in [0.05, 0.1) is 6.61 Å². The smallest absolute Gasteiger partial charge is 0.141 e. The fraction of sp³-hybridized carbons (Fsp3) is 0.167. The Balaban J connectivity index is 1.55. The number of hydrogen-bond acceptors (Lipinski definition) is 2. The lowest BCUT2D eigenvalue weighted by atomic mass is 9.71. The van der Waals surface area contributed by atoms with E-state index in [4.69, 9.17) is 0 Å². The second-order valence-corrected chi connectivity index (χ2v) is 12.8. The summed E-state index contributed by atoms with van der Waals surface area (Å²) < 4.78 is 1.74. The molecule has 2 aliphatic rings. The molecule has 4 aromatic carbocycles. The average Bonchev–Trinajstić information content (AvgIpc) is 2.97. The molecule has 0 heterocycles. The van der Waals surface area contributed by atoms with Gasteiger partial charge in [0.25, 0.3) is 0 Å². The highest BCUT2D eigenvalue weighted by molar-refractivity contribution is 9.10. The van der Waals surface area contributed by atoms with Gasteiger partial charge in [-0.05, 0) is 92.9 Å². The summed E-state index contributed by atoms with van der Waals surface area (Å²) in [5, 5.41) is 25.6. The van der Waals surface area contributed by atoms with E-state index in [2.05, 4.69) is 106 Å². The van der Waals surface area contributed by atoms with Crippen molar-refractivity contribution in [1.29, 1.82) is 0 Å². The second-order valence-electron chi connectivity index (χ2n) is 10.9. The molecule has 2 nitrogen and oxygen atoms in total. The van der Waals surface area contributed by atoms with Gasteiger partial charge in [-0.25, -0.2) is 0 Å². The summed E-state index contributed by atoms with van der Waals surface area (Å²) in [7, 11) is 0. The minimum Gasteiger partial charge on any atom is -0.392 e. The predicted octanol–water partition coefficient (Wildman–Crippen LogP) is 9.07. The summed E-state index contributed by atoms with van der Waals surface area (Å²) in [5.74, 6) is 0. The molecule has 0 aromatic heterocycles. The highest BCUT2D eigenvalue weighted by Crippen LogP contribution is 2.45. The van der Waals surface area contributed by atoms with Gasteiger partial charge < -0.3 is 10.2 Å². The number of hydrogen-bond donors (Lipinski definition) is 2. The van der Waals surface area contributed by atoms with E-state index in [-0.39, 0.29) is 12.0 Å². The minimum absolute atomic E-state index is 0.0279. The molecule has 0 radical (unpaired) electrons. The molecule has 200 valence electrons. The summed E-state index contributed by atoms with van der Waals surface area (Å²) in [4.78, 5) is 0. The molecule has 4 aromatic rings. The van der Waals surface area contributed by atoms with Crippen molar-refractivity contribution in [3.05, 3.63) is 163 Å². The maximum Gasteiger partial charge on any atom is 0.141 e. The van der Waals surface area contributed by atoms with Crippen LogP contribution < -0.4 is 0 Å². The molecule has 0 spiro atoms. The molecule has 0 saturated carbocycles. The molecular formula is C36H30Br2O2. The van der Waals surface area contributed by atoms with Gasteiger partial charge in [0.1, 0.15) is 5.60 Å². The van der Waals surface area contributed by atoms with E-state index in [1.54, 1.807) is 0 Å². The third-order valence-electron chi connectivity index (χ3n) is 8.29. The zero-order chi connectivity index (χ0) is 27.9. The molecule has 0 amide bonds. The highest BCUT2D eigenvalue weighted by Gasteiger charge is 2.38. The Morgan fingerprint density at radius 1 is 0.825 bits per heavy atom. The molecule has 0 bridgehead atoms. The molecule has 4 heteroatoms. The Bertz CT molecular complexity index is 1750. The average molecular weight is 654 g/mol. The van der Waals surface area contributed by atoms with Crippen molar-refractivity contribution in [2.24, 2.45) is 5.41 Å². The van der Waals surface area contributed by atoms with Gasteiger partial charge in [0.15, 0.2) is 0 Å². The summed E-state index contributed by atoms with van der Waals surface area (Å²) in [5.41, 5.74) is 4.98. The quantitative estimate of drug-likeness (QED) is 0.204. The number of benzene rings is 4. The molecule has 2 atom stereocenters. The molecule has 40 heavy (non-hydrogen) atoms. The fourth-order valence-electron chi connectivity index (χ4n) is 6.01. The Morgan fingerprint density at radius 2 is 1.60 bits per heavy atom. The van der Waals surface area contributed by atoms with Crippen molar-refractivity contribution in [2.75, 3.05) is 0 Å². The standard InChI is InChI=1S/C36H30Br2O2/c1-35-16-5-4-8-29(35)19-24(15-17-35)18-27-10-12-32(38)22-34(27)36(40,33-14-13-31(37)21-28(33)23-39)30-11-9-25-6-2-3-7-26(25)20-30/h2-16,19-22,39-40H,17-18,23H2,1H3. The number of aliphatic hydroxyl groups is 2. The summed E-state index contributed by atoms with van der Waals surface area (Å²) in [6.45, 7) is 2.09. The van der Waals surface area contributed by atoms with Crippen LogP contribution in [0.1, 0.15) is 41.2 Å². The summed E-state index contributed by atoms with van der Waals surface area (Å²) in [6.07, 6.45) is 15.0. The minimum atomic E-state index is -1.51. The normalized spacial score (nSPS) is 19.6. The zero-order valence-electron chi connectivity index (χ0n) is 22.2. The SMILES string of the molecule is CC12C=CC=CC1=CC(Cc1ccc(Br)cc1C(O)(c1ccc3ccccc3c1)c1ccc(Br)cc1CO)=CC2. The van der Waals surface area contributed by atoms with Gasteiger partial charge in [0.2, 0.25) is 0 Å². The van der Waals surface area contributed by atoms with Crippen molar-refractivity contribution in [3.63, 3.8) is 0 Å². The van der Waals surface area contributed by atoms with Crippen LogP contribution in [0.2, 0.25) is 0 Å². The lowest BCUT2D eigenvalue weighted by molar-refractivity contribution is 0.121. The first-order valence-electron chi connectivity index (χ1n) is 13.5. The third kappa shape index (κ3) is 4.88. The summed E-state index contributed by atoms with van der Waals surface area (Å²) >= 11 is 7.24. The van der Waals surface area contributed by atoms with Crippen molar-refractivity contribution in [2.45, 2.75) is 32.0 Å². The third-order valence-corrected chi connectivity index (χ3v) is 9.28. The second kappa shape index (κ2) is 10.8. The molecule has 0 aliphatic heterocycles. The van der Waals surface area contributed by atoms with Crippen molar-refractivity contribution < 1.29 is 10.2 Å². The molecule has 2 unspecified atom stereocenters. The van der Waals surface area contributed by atoms with E-state index in [0.29, 0.717) is 17.5 Å². The van der Waals surface area contributed by atoms with Crippen LogP contribution in [-0.2, 0) is 18.6 Å². The summed E-state index contributed by atoms with van der Waals surface area (Å²) in [6, 6.07) is 26.2. The Morgan fingerprint density at radius 3 is 2.42 bits per heavy atom. The topological polar surface area (TPSA) is 40.5 Å². The van der Waals surface area contributed by atoms with Gasteiger partial charge >= 0.3 is 0 Å². The first kappa shape index (κ1) is 27.2. The van der Waals surface area contributed by atoms with Crippen molar-refractivity contribution >= 4 is 42.6 Å². The molecule has 0 saturated heterocycles. The van der Waals surface area contributed by atoms with Crippen LogP contribution in [0.3, 0.4) is 0 Å². The van der Waals surface area contributed by atoms with Crippen LogP contribution in [0.4, 0.5) is 0 Å². The van der Waals surface area contributed by atoms with Crippen LogP contribution in [-0.4, -0.2) is 10.2 Å². The van der Waals surface area contributed by atoms with E-state index in [0.717, 1.165) is 42.8 Å². The molecule has 6 rings (SSSR count). The Hall–Kier alpha value is -3.02. The van der Waals surface area contributed by atoms with Gasteiger partial charge in [-0.15, -0.1) is 0 Å². The number of halogens is 2. The Kier molecular flexibility index (Phi) is 7.30. The molecule has 2 N–H and O–H groups in total. The fourth-order valence-corrected chi connectivity index (χ4v) is 6.78. The largest absolute Gasteiger partial charge is 0.392 e. The monoisotopic (exact) mass is 652 g/mol. The maximum atomic E-state index is 13.0. The predicted molar refractivity (Wildman–Crippen MR) is 171 cm³/mol. The number of aliphatic hydroxyl groups excluding tert-OH is 1.